The average molecular weight is 325 g/mol. The molecule has 0 aliphatic heterocycles. The maximum Gasteiger partial charge on any atom is 0.00390 e. The Morgan fingerprint density at radius 3 is 2.04 bits per heavy atom. The van der Waals surface area contributed by atoms with E-state index in [1.165, 1.54) is 83.5 Å². The van der Waals surface area contributed by atoms with Crippen LogP contribution in [0.25, 0.3) is 0 Å². The molecule has 1 rings (SSSR count). The Kier molecular flexibility index (Phi) is 10.5. The number of rotatable bonds is 12. The minimum absolute atomic E-state index is 0.434. The fourth-order valence-corrected chi connectivity index (χ4v) is 4.33. The van der Waals surface area contributed by atoms with Crippen molar-refractivity contribution in [2.24, 2.45) is 22.8 Å². The van der Waals surface area contributed by atoms with Gasteiger partial charge in [0.15, 0.2) is 0 Å². The molecule has 0 radical (unpaired) electrons. The van der Waals surface area contributed by atoms with Crippen LogP contribution in [0.2, 0.25) is 0 Å². The molecule has 1 aliphatic carbocycles. The van der Waals surface area contributed by atoms with Crippen LogP contribution in [-0.2, 0) is 0 Å². The zero-order valence-electron chi connectivity index (χ0n) is 16.3. The summed E-state index contributed by atoms with van der Waals surface area (Å²) in [6.07, 6.45) is 18.7. The van der Waals surface area contributed by atoms with Crippen molar-refractivity contribution in [2.45, 2.75) is 123 Å². The lowest BCUT2D eigenvalue weighted by molar-refractivity contribution is 0.109. The van der Waals surface area contributed by atoms with Gasteiger partial charge in [-0.2, -0.15) is 0 Å². The molecule has 0 aromatic carbocycles. The molecule has 2 heteroatoms. The normalized spacial score (nSPS) is 26.0. The Balaban J connectivity index is 2.10. The third kappa shape index (κ3) is 8.03. The molecule has 23 heavy (non-hydrogen) atoms. The predicted octanol–water partition coefficient (Wildman–Crippen LogP) is 5.78. The van der Waals surface area contributed by atoms with E-state index in [4.69, 9.17) is 11.5 Å². The molecular formula is C21H44N2. The first-order valence-corrected chi connectivity index (χ1v) is 10.5. The zero-order chi connectivity index (χ0) is 17.1. The summed E-state index contributed by atoms with van der Waals surface area (Å²) in [4.78, 5) is 0. The first kappa shape index (κ1) is 21.0. The van der Waals surface area contributed by atoms with E-state index in [0.717, 1.165) is 12.3 Å². The summed E-state index contributed by atoms with van der Waals surface area (Å²) in [7, 11) is 0. The van der Waals surface area contributed by atoms with E-state index in [0.29, 0.717) is 17.5 Å². The van der Waals surface area contributed by atoms with Crippen LogP contribution in [0.5, 0.6) is 0 Å². The van der Waals surface area contributed by atoms with Crippen molar-refractivity contribution in [3.8, 4) is 0 Å². The summed E-state index contributed by atoms with van der Waals surface area (Å²) in [6, 6.07) is 0.914. The van der Waals surface area contributed by atoms with Crippen LogP contribution in [0, 0.1) is 11.3 Å². The van der Waals surface area contributed by atoms with Gasteiger partial charge in [0.2, 0.25) is 0 Å². The summed E-state index contributed by atoms with van der Waals surface area (Å²) in [5.41, 5.74) is 12.6. The lowest BCUT2D eigenvalue weighted by Crippen LogP contribution is -2.34. The van der Waals surface area contributed by atoms with E-state index in [1.54, 1.807) is 0 Å². The second kappa shape index (κ2) is 11.5. The summed E-state index contributed by atoms with van der Waals surface area (Å²) in [5, 5.41) is 0. The molecule has 0 aromatic rings. The largest absolute Gasteiger partial charge is 0.328 e. The van der Waals surface area contributed by atoms with E-state index < -0.39 is 0 Å². The van der Waals surface area contributed by atoms with Gasteiger partial charge in [0.05, 0.1) is 0 Å². The highest BCUT2D eigenvalue weighted by Crippen LogP contribution is 2.44. The number of unbranched alkanes of at least 4 members (excludes halogenated alkanes) is 5. The van der Waals surface area contributed by atoms with Crippen LogP contribution < -0.4 is 11.5 Å². The van der Waals surface area contributed by atoms with E-state index >= 15 is 0 Å². The summed E-state index contributed by atoms with van der Waals surface area (Å²) in [5.74, 6) is 0.919. The van der Waals surface area contributed by atoms with Crippen LogP contribution in [0.1, 0.15) is 111 Å². The van der Waals surface area contributed by atoms with Gasteiger partial charge in [-0.25, -0.2) is 0 Å². The summed E-state index contributed by atoms with van der Waals surface area (Å²) in [6.45, 7) is 7.13. The molecule has 0 amide bonds. The SMILES string of the molecule is CCC(N)CCCCCCCCC(C)(CC)C1CCC(N)CC1. The topological polar surface area (TPSA) is 52.0 Å². The number of hydrogen-bond donors (Lipinski definition) is 2. The fraction of sp³-hybridized carbons (Fsp3) is 1.00. The van der Waals surface area contributed by atoms with Crippen molar-refractivity contribution >= 4 is 0 Å². The number of nitrogens with two attached hydrogens (primary N) is 2. The molecule has 1 saturated carbocycles. The standard InChI is InChI=1S/C21H44N2/c1-4-19(22)12-10-8-6-7-9-11-17-21(3,5-2)18-13-15-20(23)16-14-18/h18-20H,4-17,22-23H2,1-3H3. The summed E-state index contributed by atoms with van der Waals surface area (Å²) < 4.78 is 0. The smallest absolute Gasteiger partial charge is 0.00390 e. The molecule has 138 valence electrons. The van der Waals surface area contributed by atoms with E-state index in [2.05, 4.69) is 20.8 Å². The average Bonchev–Trinajstić information content (AvgIpc) is 2.57. The highest BCUT2D eigenvalue weighted by molar-refractivity contribution is 4.86. The first-order valence-electron chi connectivity index (χ1n) is 10.5. The van der Waals surface area contributed by atoms with Gasteiger partial charge >= 0.3 is 0 Å². The molecule has 2 atom stereocenters. The van der Waals surface area contributed by atoms with Crippen LogP contribution in [0.3, 0.4) is 0 Å². The molecular weight excluding hydrogens is 280 g/mol. The number of hydrogen-bond acceptors (Lipinski definition) is 2. The monoisotopic (exact) mass is 324 g/mol. The van der Waals surface area contributed by atoms with Gasteiger partial charge in [-0.1, -0.05) is 65.7 Å². The van der Waals surface area contributed by atoms with Crippen molar-refractivity contribution in [1.82, 2.24) is 0 Å². The van der Waals surface area contributed by atoms with Gasteiger partial charge in [0.1, 0.15) is 0 Å². The minimum atomic E-state index is 0.434. The molecule has 0 bridgehead atoms. The van der Waals surface area contributed by atoms with Crippen molar-refractivity contribution in [3.05, 3.63) is 0 Å². The van der Waals surface area contributed by atoms with Gasteiger partial charge in [-0.3, -0.25) is 0 Å². The minimum Gasteiger partial charge on any atom is -0.328 e. The fourth-order valence-electron chi connectivity index (χ4n) is 4.33. The second-order valence-corrected chi connectivity index (χ2v) is 8.45. The van der Waals surface area contributed by atoms with E-state index in [1.807, 2.05) is 0 Å². The third-order valence-electron chi connectivity index (χ3n) is 6.66. The van der Waals surface area contributed by atoms with Gasteiger partial charge < -0.3 is 11.5 Å². The Morgan fingerprint density at radius 1 is 0.913 bits per heavy atom. The molecule has 0 spiro atoms. The molecule has 0 saturated heterocycles. The Bertz CT molecular complexity index is 284. The van der Waals surface area contributed by atoms with Crippen molar-refractivity contribution < 1.29 is 0 Å². The Labute approximate surface area is 146 Å². The van der Waals surface area contributed by atoms with E-state index in [-0.39, 0.29) is 0 Å². The molecule has 1 aliphatic rings. The Morgan fingerprint density at radius 2 is 1.48 bits per heavy atom. The van der Waals surface area contributed by atoms with E-state index in [9.17, 15) is 0 Å². The van der Waals surface area contributed by atoms with Crippen LogP contribution >= 0.6 is 0 Å². The van der Waals surface area contributed by atoms with Gasteiger partial charge in [0.25, 0.3) is 0 Å². The highest BCUT2D eigenvalue weighted by atomic mass is 14.6. The molecule has 4 N–H and O–H groups in total. The van der Waals surface area contributed by atoms with Gasteiger partial charge in [-0.05, 0) is 56.3 Å². The first-order chi connectivity index (χ1) is 11.0. The van der Waals surface area contributed by atoms with Crippen LogP contribution in [0.15, 0.2) is 0 Å². The van der Waals surface area contributed by atoms with Crippen LogP contribution in [-0.4, -0.2) is 12.1 Å². The lowest BCUT2D eigenvalue weighted by atomic mass is 9.65. The lowest BCUT2D eigenvalue weighted by Gasteiger charge is -2.41. The maximum absolute atomic E-state index is 6.08. The van der Waals surface area contributed by atoms with Crippen molar-refractivity contribution in [1.29, 1.82) is 0 Å². The van der Waals surface area contributed by atoms with Crippen molar-refractivity contribution in [2.75, 3.05) is 0 Å². The molecule has 2 nitrogen and oxygen atoms in total. The van der Waals surface area contributed by atoms with Gasteiger partial charge in [0, 0.05) is 12.1 Å². The third-order valence-corrected chi connectivity index (χ3v) is 6.66. The highest BCUT2D eigenvalue weighted by Gasteiger charge is 2.34. The molecule has 1 fully saturated rings. The molecule has 0 aromatic heterocycles. The Hall–Kier alpha value is -0.0800. The van der Waals surface area contributed by atoms with Gasteiger partial charge in [-0.15, -0.1) is 0 Å². The van der Waals surface area contributed by atoms with Crippen molar-refractivity contribution in [3.63, 3.8) is 0 Å². The quantitative estimate of drug-likeness (QED) is 0.447. The second-order valence-electron chi connectivity index (χ2n) is 8.45. The predicted molar refractivity (Wildman–Crippen MR) is 104 cm³/mol. The maximum atomic E-state index is 6.08. The molecule has 2 unspecified atom stereocenters. The van der Waals surface area contributed by atoms with Crippen LogP contribution in [0.4, 0.5) is 0 Å². The zero-order valence-corrected chi connectivity index (χ0v) is 16.3. The summed E-state index contributed by atoms with van der Waals surface area (Å²) >= 11 is 0. The molecule has 0 heterocycles.